The number of para-hydroxylation sites is 1. The molecule has 3 fully saturated rings. The standard InChI is InChI=1S/C29H39N3O3/c1-35-28-7-3-2-5-26(28)27-6-4-16-32(27)24-12-17-30(18-13-24)23-10-8-22(9-11-23)21-29(34)31-19-14-25(33)15-20-31/h2-3,5,7-11,24-25,27,33H,4,6,12-21H2,1H3. The molecule has 0 aliphatic carbocycles. The quantitative estimate of drug-likeness (QED) is 0.681. The summed E-state index contributed by atoms with van der Waals surface area (Å²) < 4.78 is 5.67. The van der Waals surface area contributed by atoms with Crippen molar-refractivity contribution in [3.05, 3.63) is 59.7 Å². The van der Waals surface area contributed by atoms with Crippen LogP contribution in [0.2, 0.25) is 0 Å². The number of aliphatic hydroxyl groups is 1. The van der Waals surface area contributed by atoms with Gasteiger partial charge in [0, 0.05) is 49.5 Å². The highest BCUT2D eigenvalue weighted by atomic mass is 16.5. The van der Waals surface area contributed by atoms with Crippen molar-refractivity contribution >= 4 is 11.6 Å². The molecular weight excluding hydrogens is 438 g/mol. The average Bonchev–Trinajstić information content (AvgIpc) is 3.39. The van der Waals surface area contributed by atoms with Crippen LogP contribution < -0.4 is 9.64 Å². The molecule has 0 radical (unpaired) electrons. The van der Waals surface area contributed by atoms with Crippen LogP contribution in [0.1, 0.15) is 55.7 Å². The van der Waals surface area contributed by atoms with Crippen molar-refractivity contribution in [2.75, 3.05) is 44.7 Å². The van der Waals surface area contributed by atoms with Crippen LogP contribution >= 0.6 is 0 Å². The van der Waals surface area contributed by atoms with Crippen LogP contribution in [0, 0.1) is 0 Å². The van der Waals surface area contributed by atoms with Crippen LogP contribution in [0.25, 0.3) is 0 Å². The number of benzene rings is 2. The second-order valence-corrected chi connectivity index (χ2v) is 10.3. The van der Waals surface area contributed by atoms with Gasteiger partial charge in [-0.2, -0.15) is 0 Å². The number of nitrogens with zero attached hydrogens (tertiary/aromatic N) is 3. The normalized spacial score (nSPS) is 22.5. The Balaban J connectivity index is 1.15. The Morgan fingerprint density at radius 1 is 0.914 bits per heavy atom. The Morgan fingerprint density at radius 2 is 1.63 bits per heavy atom. The predicted octanol–water partition coefficient (Wildman–Crippen LogP) is 4.03. The molecule has 0 spiro atoms. The van der Waals surface area contributed by atoms with Gasteiger partial charge in [-0.05, 0) is 68.8 Å². The molecule has 0 bridgehead atoms. The molecule has 1 N–H and O–H groups in total. The summed E-state index contributed by atoms with van der Waals surface area (Å²) in [6.45, 7) is 4.64. The van der Waals surface area contributed by atoms with Gasteiger partial charge in [0.15, 0.2) is 0 Å². The summed E-state index contributed by atoms with van der Waals surface area (Å²) in [6, 6.07) is 18.1. The van der Waals surface area contributed by atoms with Gasteiger partial charge in [0.05, 0.1) is 19.6 Å². The fourth-order valence-electron chi connectivity index (χ4n) is 6.18. The van der Waals surface area contributed by atoms with Gasteiger partial charge >= 0.3 is 0 Å². The van der Waals surface area contributed by atoms with Crippen LogP contribution in [-0.4, -0.2) is 72.8 Å². The number of hydrogen-bond acceptors (Lipinski definition) is 5. The molecule has 3 heterocycles. The summed E-state index contributed by atoms with van der Waals surface area (Å²) in [5.74, 6) is 1.18. The first kappa shape index (κ1) is 24.1. The molecule has 2 aromatic rings. The monoisotopic (exact) mass is 477 g/mol. The van der Waals surface area contributed by atoms with Crippen molar-refractivity contribution in [2.45, 2.75) is 63.1 Å². The van der Waals surface area contributed by atoms with E-state index in [0.717, 1.165) is 24.4 Å². The Labute approximate surface area is 209 Å². The summed E-state index contributed by atoms with van der Waals surface area (Å²) in [5, 5.41) is 9.67. The molecule has 3 aliphatic rings. The van der Waals surface area contributed by atoms with Gasteiger partial charge in [-0.1, -0.05) is 30.3 Å². The largest absolute Gasteiger partial charge is 0.496 e. The van der Waals surface area contributed by atoms with E-state index in [1.807, 2.05) is 4.90 Å². The summed E-state index contributed by atoms with van der Waals surface area (Å²) in [6.07, 6.45) is 6.38. The molecule has 1 amide bonds. The zero-order chi connectivity index (χ0) is 24.2. The number of rotatable bonds is 6. The number of ether oxygens (including phenoxy) is 1. The van der Waals surface area contributed by atoms with Crippen molar-refractivity contribution in [3.8, 4) is 5.75 Å². The highest BCUT2D eigenvalue weighted by Gasteiger charge is 2.35. The number of aliphatic hydroxyl groups excluding tert-OH is 1. The summed E-state index contributed by atoms with van der Waals surface area (Å²) >= 11 is 0. The Bertz CT molecular complexity index is 979. The van der Waals surface area contributed by atoms with E-state index in [2.05, 4.69) is 58.3 Å². The lowest BCUT2D eigenvalue weighted by molar-refractivity contribution is -0.132. The smallest absolute Gasteiger partial charge is 0.226 e. The van der Waals surface area contributed by atoms with E-state index in [9.17, 15) is 9.90 Å². The number of piperidine rings is 2. The van der Waals surface area contributed by atoms with Crippen molar-refractivity contribution in [2.24, 2.45) is 0 Å². The molecule has 6 heteroatoms. The minimum atomic E-state index is -0.250. The molecule has 2 aromatic carbocycles. The van der Waals surface area contributed by atoms with E-state index >= 15 is 0 Å². The van der Waals surface area contributed by atoms with Crippen LogP contribution in [-0.2, 0) is 11.2 Å². The Morgan fingerprint density at radius 3 is 2.34 bits per heavy atom. The van der Waals surface area contributed by atoms with Gasteiger partial charge in [-0.3, -0.25) is 9.69 Å². The average molecular weight is 478 g/mol. The third-order valence-corrected chi connectivity index (χ3v) is 8.20. The maximum absolute atomic E-state index is 12.6. The molecular formula is C29H39N3O3. The predicted molar refractivity (Wildman–Crippen MR) is 139 cm³/mol. The summed E-state index contributed by atoms with van der Waals surface area (Å²) in [5.41, 5.74) is 3.65. The Hall–Kier alpha value is -2.57. The van der Waals surface area contributed by atoms with E-state index in [0.29, 0.717) is 44.4 Å². The first-order valence-electron chi connectivity index (χ1n) is 13.3. The number of carbonyl (C=O) groups excluding carboxylic acids is 1. The van der Waals surface area contributed by atoms with E-state index in [-0.39, 0.29) is 12.0 Å². The number of likely N-dealkylation sites (tertiary alicyclic amines) is 2. The zero-order valence-electron chi connectivity index (χ0n) is 20.9. The molecule has 0 saturated carbocycles. The van der Waals surface area contributed by atoms with E-state index in [4.69, 9.17) is 4.74 Å². The van der Waals surface area contributed by atoms with Crippen molar-refractivity contribution in [1.82, 2.24) is 9.80 Å². The molecule has 6 nitrogen and oxygen atoms in total. The summed E-state index contributed by atoms with van der Waals surface area (Å²) in [7, 11) is 1.77. The molecule has 35 heavy (non-hydrogen) atoms. The van der Waals surface area contributed by atoms with Crippen molar-refractivity contribution < 1.29 is 14.6 Å². The van der Waals surface area contributed by atoms with Crippen LogP contribution in [0.3, 0.4) is 0 Å². The fraction of sp³-hybridized carbons (Fsp3) is 0.552. The molecule has 188 valence electrons. The van der Waals surface area contributed by atoms with Gasteiger partial charge in [0.25, 0.3) is 0 Å². The lowest BCUT2D eigenvalue weighted by atomic mass is 9.98. The van der Waals surface area contributed by atoms with E-state index in [1.54, 1.807) is 7.11 Å². The first-order chi connectivity index (χ1) is 17.1. The number of methoxy groups -OCH3 is 1. The van der Waals surface area contributed by atoms with Gasteiger partial charge in [0.2, 0.25) is 5.91 Å². The number of carbonyl (C=O) groups is 1. The molecule has 3 aliphatic heterocycles. The molecule has 1 unspecified atom stereocenters. The summed E-state index contributed by atoms with van der Waals surface area (Å²) in [4.78, 5) is 19.7. The first-order valence-corrected chi connectivity index (χ1v) is 13.3. The second kappa shape index (κ2) is 11.0. The van der Waals surface area contributed by atoms with Crippen LogP contribution in [0.5, 0.6) is 5.75 Å². The maximum Gasteiger partial charge on any atom is 0.226 e. The maximum atomic E-state index is 12.6. The molecule has 5 rings (SSSR count). The van der Waals surface area contributed by atoms with E-state index in [1.165, 1.54) is 43.5 Å². The Kier molecular flexibility index (Phi) is 7.59. The third-order valence-electron chi connectivity index (χ3n) is 8.20. The highest BCUT2D eigenvalue weighted by molar-refractivity contribution is 5.79. The highest BCUT2D eigenvalue weighted by Crippen LogP contribution is 2.40. The minimum Gasteiger partial charge on any atom is -0.496 e. The van der Waals surface area contributed by atoms with E-state index < -0.39 is 0 Å². The fourth-order valence-corrected chi connectivity index (χ4v) is 6.18. The lowest BCUT2D eigenvalue weighted by Gasteiger charge is -2.40. The van der Waals surface area contributed by atoms with Gasteiger partial charge < -0.3 is 19.6 Å². The van der Waals surface area contributed by atoms with Crippen LogP contribution in [0.4, 0.5) is 5.69 Å². The van der Waals surface area contributed by atoms with Crippen molar-refractivity contribution in [1.29, 1.82) is 0 Å². The molecule has 1 atom stereocenters. The second-order valence-electron chi connectivity index (χ2n) is 10.3. The van der Waals surface area contributed by atoms with Gasteiger partial charge in [-0.15, -0.1) is 0 Å². The van der Waals surface area contributed by atoms with Gasteiger partial charge in [0.1, 0.15) is 5.75 Å². The number of anilines is 1. The third kappa shape index (κ3) is 5.49. The number of hydrogen-bond donors (Lipinski definition) is 1. The zero-order valence-corrected chi connectivity index (χ0v) is 20.9. The SMILES string of the molecule is COc1ccccc1C1CCCN1C1CCN(c2ccc(CC(=O)N3CCC(O)CC3)cc2)CC1. The lowest BCUT2D eigenvalue weighted by Crippen LogP contribution is -2.44. The number of amides is 1. The van der Waals surface area contributed by atoms with Crippen molar-refractivity contribution in [3.63, 3.8) is 0 Å². The topological polar surface area (TPSA) is 56.2 Å². The molecule has 3 saturated heterocycles. The van der Waals surface area contributed by atoms with Gasteiger partial charge in [-0.25, -0.2) is 0 Å². The minimum absolute atomic E-state index is 0.167. The van der Waals surface area contributed by atoms with Crippen LogP contribution in [0.15, 0.2) is 48.5 Å². The molecule has 0 aromatic heterocycles.